The van der Waals surface area contributed by atoms with Crippen molar-refractivity contribution in [2.75, 3.05) is 17.2 Å². The van der Waals surface area contributed by atoms with Crippen LogP contribution in [-0.4, -0.2) is 27.8 Å². The average molecular weight is 491 g/mol. The summed E-state index contributed by atoms with van der Waals surface area (Å²) in [5, 5.41) is 5.99. The van der Waals surface area contributed by atoms with Gasteiger partial charge in [-0.2, -0.15) is 0 Å². The molecule has 0 saturated heterocycles. The van der Waals surface area contributed by atoms with Crippen LogP contribution in [0.1, 0.15) is 16.1 Å². The van der Waals surface area contributed by atoms with Crippen LogP contribution < -0.4 is 20.9 Å². The van der Waals surface area contributed by atoms with Crippen molar-refractivity contribution in [3.05, 3.63) is 105 Å². The molecule has 4 aromatic rings. The Balaban J connectivity index is 1.45. The number of amides is 2. The van der Waals surface area contributed by atoms with Gasteiger partial charge in [0.1, 0.15) is 11.4 Å². The fourth-order valence-corrected chi connectivity index (χ4v) is 3.64. The first-order valence-electron chi connectivity index (χ1n) is 10.8. The van der Waals surface area contributed by atoms with E-state index in [1.807, 2.05) is 30.3 Å². The molecule has 0 spiro atoms. The van der Waals surface area contributed by atoms with Gasteiger partial charge in [-0.25, -0.2) is 4.68 Å². The van der Waals surface area contributed by atoms with Crippen molar-refractivity contribution in [1.29, 1.82) is 0 Å². The topological polar surface area (TPSA) is 94.4 Å². The Kier molecular flexibility index (Phi) is 7.03. The van der Waals surface area contributed by atoms with Gasteiger partial charge in [0, 0.05) is 23.3 Å². The van der Waals surface area contributed by atoms with Crippen LogP contribution in [0.2, 0.25) is 5.02 Å². The average Bonchev–Trinajstić information content (AvgIpc) is 3.07. The summed E-state index contributed by atoms with van der Waals surface area (Å²) in [6.07, 6.45) is 0. The maximum Gasteiger partial charge on any atom is 0.295 e. The monoisotopic (exact) mass is 490 g/mol. The fourth-order valence-electron chi connectivity index (χ4n) is 3.51. The van der Waals surface area contributed by atoms with Gasteiger partial charge in [-0.15, -0.1) is 0 Å². The lowest BCUT2D eigenvalue weighted by Crippen LogP contribution is -2.23. The fraction of sp³-hybridized carbons (Fsp3) is 0.115. The number of aromatic nitrogens is 2. The molecule has 2 N–H and O–H groups in total. The van der Waals surface area contributed by atoms with E-state index in [1.54, 1.807) is 61.1 Å². The summed E-state index contributed by atoms with van der Waals surface area (Å²) in [7, 11) is 1.75. The Morgan fingerprint density at radius 3 is 2.37 bits per heavy atom. The molecule has 35 heavy (non-hydrogen) atoms. The smallest absolute Gasteiger partial charge is 0.295 e. The van der Waals surface area contributed by atoms with Crippen molar-refractivity contribution in [1.82, 2.24) is 9.36 Å². The van der Waals surface area contributed by atoms with Crippen LogP contribution in [0.15, 0.2) is 83.7 Å². The number of nitrogens with one attached hydrogen (secondary N) is 2. The molecular weight excluding hydrogens is 468 g/mol. The first-order chi connectivity index (χ1) is 16.8. The van der Waals surface area contributed by atoms with E-state index in [0.717, 1.165) is 0 Å². The van der Waals surface area contributed by atoms with Crippen LogP contribution >= 0.6 is 11.6 Å². The molecule has 1 heterocycles. The Bertz CT molecular complexity index is 1430. The molecule has 3 aromatic carbocycles. The largest absolute Gasteiger partial charge is 0.484 e. The minimum Gasteiger partial charge on any atom is -0.484 e. The molecule has 0 radical (unpaired) electrons. The minimum absolute atomic E-state index is 0.187. The molecule has 0 saturated carbocycles. The Morgan fingerprint density at radius 1 is 0.943 bits per heavy atom. The zero-order chi connectivity index (χ0) is 24.9. The second-order valence-electron chi connectivity index (χ2n) is 7.76. The van der Waals surface area contributed by atoms with Crippen LogP contribution in [0.4, 0.5) is 11.4 Å². The first-order valence-corrected chi connectivity index (χ1v) is 11.1. The van der Waals surface area contributed by atoms with Gasteiger partial charge in [0.2, 0.25) is 0 Å². The summed E-state index contributed by atoms with van der Waals surface area (Å²) in [6, 6.07) is 22.3. The van der Waals surface area contributed by atoms with Gasteiger partial charge in [-0.05, 0) is 61.5 Å². The third-order valence-corrected chi connectivity index (χ3v) is 5.64. The highest BCUT2D eigenvalue weighted by Gasteiger charge is 2.19. The number of benzene rings is 3. The van der Waals surface area contributed by atoms with Crippen LogP contribution in [0.5, 0.6) is 5.75 Å². The van der Waals surface area contributed by atoms with Crippen molar-refractivity contribution in [3.8, 4) is 11.4 Å². The van der Waals surface area contributed by atoms with Gasteiger partial charge >= 0.3 is 0 Å². The summed E-state index contributed by atoms with van der Waals surface area (Å²) < 4.78 is 8.61. The Labute approximate surface area is 206 Å². The third kappa shape index (κ3) is 5.44. The summed E-state index contributed by atoms with van der Waals surface area (Å²) in [5.74, 6) is -0.344. The quantitative estimate of drug-likeness (QED) is 0.401. The second-order valence-corrected chi connectivity index (χ2v) is 8.20. The van der Waals surface area contributed by atoms with Crippen LogP contribution in [-0.2, 0) is 11.8 Å². The summed E-state index contributed by atoms with van der Waals surface area (Å²) in [6.45, 7) is 1.55. The number of para-hydroxylation sites is 1. The van der Waals surface area contributed by atoms with Gasteiger partial charge in [0.25, 0.3) is 17.4 Å². The highest BCUT2D eigenvalue weighted by molar-refractivity contribution is 6.30. The van der Waals surface area contributed by atoms with Gasteiger partial charge in [-0.1, -0.05) is 35.9 Å². The Hall–Kier alpha value is -4.30. The molecule has 0 bridgehead atoms. The van der Waals surface area contributed by atoms with E-state index in [0.29, 0.717) is 27.8 Å². The molecule has 1 aromatic heterocycles. The molecule has 178 valence electrons. The molecule has 0 aliphatic carbocycles. The van der Waals surface area contributed by atoms with Gasteiger partial charge < -0.3 is 15.4 Å². The molecule has 4 rings (SSSR count). The number of hydrogen-bond acceptors (Lipinski definition) is 4. The molecule has 0 unspecified atom stereocenters. The summed E-state index contributed by atoms with van der Waals surface area (Å²) >= 11 is 5.84. The van der Waals surface area contributed by atoms with Crippen LogP contribution in [0, 0.1) is 6.92 Å². The lowest BCUT2D eigenvalue weighted by atomic mass is 10.2. The number of ether oxygens (including phenoxy) is 1. The summed E-state index contributed by atoms with van der Waals surface area (Å²) in [4.78, 5) is 38.3. The number of rotatable bonds is 7. The van der Waals surface area contributed by atoms with E-state index >= 15 is 0 Å². The molecule has 0 fully saturated rings. The molecule has 2 amide bonds. The number of carbonyl (C=O) groups is 2. The van der Waals surface area contributed by atoms with Crippen molar-refractivity contribution in [3.63, 3.8) is 0 Å². The van der Waals surface area contributed by atoms with E-state index < -0.39 is 5.91 Å². The standard InChI is InChI=1S/C26H23ClN4O4/c1-17-24(26(34)31(30(17)2)21-9-4-3-5-10-21)29-25(33)18-7-6-8-20(15-18)28-23(32)16-35-22-13-11-19(27)12-14-22/h3-15H,16H2,1-2H3,(H,28,32)(H,29,33). The summed E-state index contributed by atoms with van der Waals surface area (Å²) in [5.41, 5.74) is 1.86. The van der Waals surface area contributed by atoms with E-state index in [2.05, 4.69) is 10.6 Å². The van der Waals surface area contributed by atoms with Crippen molar-refractivity contribution >= 4 is 34.8 Å². The molecule has 0 aliphatic heterocycles. The highest BCUT2D eigenvalue weighted by Crippen LogP contribution is 2.18. The third-order valence-electron chi connectivity index (χ3n) is 5.38. The highest BCUT2D eigenvalue weighted by atomic mass is 35.5. The maximum absolute atomic E-state index is 13.0. The Morgan fingerprint density at radius 2 is 1.66 bits per heavy atom. The minimum atomic E-state index is -0.468. The van der Waals surface area contributed by atoms with E-state index in [-0.39, 0.29) is 29.3 Å². The van der Waals surface area contributed by atoms with Crippen LogP contribution in [0.25, 0.3) is 5.69 Å². The number of anilines is 2. The maximum atomic E-state index is 13.0. The first kappa shape index (κ1) is 23.8. The normalized spacial score (nSPS) is 10.6. The van der Waals surface area contributed by atoms with Crippen LogP contribution in [0.3, 0.4) is 0 Å². The molecule has 9 heteroatoms. The lowest BCUT2D eigenvalue weighted by Gasteiger charge is -2.09. The van der Waals surface area contributed by atoms with E-state index in [9.17, 15) is 14.4 Å². The van der Waals surface area contributed by atoms with E-state index in [4.69, 9.17) is 16.3 Å². The molecule has 8 nitrogen and oxygen atoms in total. The van der Waals surface area contributed by atoms with Gasteiger partial charge in [0.05, 0.1) is 11.4 Å². The predicted molar refractivity (Wildman–Crippen MR) is 136 cm³/mol. The second kappa shape index (κ2) is 10.3. The molecule has 0 aliphatic rings. The zero-order valence-corrected chi connectivity index (χ0v) is 19.9. The van der Waals surface area contributed by atoms with Crippen molar-refractivity contribution in [2.24, 2.45) is 7.05 Å². The predicted octanol–water partition coefficient (Wildman–Crippen LogP) is 4.41. The van der Waals surface area contributed by atoms with E-state index in [1.165, 1.54) is 10.7 Å². The number of hydrogen-bond donors (Lipinski definition) is 2. The number of carbonyl (C=O) groups excluding carboxylic acids is 2. The lowest BCUT2D eigenvalue weighted by molar-refractivity contribution is -0.118. The van der Waals surface area contributed by atoms with Crippen molar-refractivity contribution in [2.45, 2.75) is 6.92 Å². The van der Waals surface area contributed by atoms with Gasteiger partial charge in [0.15, 0.2) is 6.61 Å². The number of nitrogens with zero attached hydrogens (tertiary/aromatic N) is 2. The number of halogens is 1. The van der Waals surface area contributed by atoms with Gasteiger partial charge in [-0.3, -0.25) is 19.1 Å². The zero-order valence-electron chi connectivity index (χ0n) is 19.1. The molecule has 0 atom stereocenters. The van der Waals surface area contributed by atoms with Crippen molar-refractivity contribution < 1.29 is 14.3 Å². The molecular formula is C26H23ClN4O4. The SMILES string of the molecule is Cc1c(NC(=O)c2cccc(NC(=O)COc3ccc(Cl)cc3)c2)c(=O)n(-c2ccccc2)n1C.